The van der Waals surface area contributed by atoms with Crippen LogP contribution in [0.4, 0.5) is 35.9 Å². The molecule has 0 spiro atoms. The van der Waals surface area contributed by atoms with Gasteiger partial charge in [-0.25, -0.2) is 0 Å². The summed E-state index contributed by atoms with van der Waals surface area (Å²) in [5.41, 5.74) is -0.395. The van der Waals surface area contributed by atoms with Crippen molar-refractivity contribution >= 4 is 28.7 Å². The van der Waals surface area contributed by atoms with E-state index in [2.05, 4.69) is 10.2 Å². The Hall–Kier alpha value is -3.34. The number of hydrogen-bond acceptors (Lipinski definition) is 6. The molecule has 1 N–H and O–H groups in total. The van der Waals surface area contributed by atoms with Crippen molar-refractivity contribution in [2.75, 3.05) is 55.0 Å². The van der Waals surface area contributed by atoms with E-state index in [1.807, 2.05) is 12.1 Å². The number of alkyl halides is 3. The zero-order chi connectivity index (χ0) is 22.6. The first-order valence-electron chi connectivity index (χ1n) is 9.44. The first kappa shape index (κ1) is 22.3. The van der Waals surface area contributed by atoms with Gasteiger partial charge in [0, 0.05) is 37.6 Å². The number of halogens is 3. The first-order chi connectivity index (χ1) is 14.6. The maximum atomic E-state index is 12.9. The number of amides is 1. The van der Waals surface area contributed by atoms with Crippen LogP contribution in [-0.4, -0.2) is 50.7 Å². The number of nitrogens with zero attached hydrogens (tertiary/aromatic N) is 3. The molecule has 1 heterocycles. The maximum Gasteiger partial charge on any atom is 0.416 e. The van der Waals surface area contributed by atoms with Crippen LogP contribution in [-0.2, 0) is 15.7 Å². The molecule has 1 aliphatic rings. The summed E-state index contributed by atoms with van der Waals surface area (Å²) in [5.74, 6) is -0.462. The number of morpholine rings is 1. The summed E-state index contributed by atoms with van der Waals surface area (Å²) in [6.45, 7) is 2.59. The van der Waals surface area contributed by atoms with E-state index in [-0.39, 0.29) is 12.2 Å². The molecule has 8 nitrogen and oxygen atoms in total. The van der Waals surface area contributed by atoms with E-state index in [1.165, 1.54) is 11.9 Å². The van der Waals surface area contributed by atoms with E-state index in [0.717, 1.165) is 30.9 Å². The fraction of sp³-hybridized carbons (Fsp3) is 0.350. The van der Waals surface area contributed by atoms with Crippen LogP contribution < -0.4 is 15.1 Å². The van der Waals surface area contributed by atoms with Gasteiger partial charge < -0.3 is 19.9 Å². The average molecular weight is 438 g/mol. The van der Waals surface area contributed by atoms with E-state index in [0.29, 0.717) is 25.0 Å². The molecular weight excluding hydrogens is 417 g/mol. The highest BCUT2D eigenvalue weighted by molar-refractivity contribution is 5.94. The Morgan fingerprint density at radius 2 is 1.84 bits per heavy atom. The third kappa shape index (κ3) is 5.63. The Labute approximate surface area is 176 Å². The molecule has 0 aromatic heterocycles. The lowest BCUT2D eigenvalue weighted by Crippen LogP contribution is -2.36. The minimum absolute atomic E-state index is 0.0872. The van der Waals surface area contributed by atoms with Crippen LogP contribution in [0, 0.1) is 10.1 Å². The molecule has 31 heavy (non-hydrogen) atoms. The molecule has 0 radical (unpaired) electrons. The minimum Gasteiger partial charge on any atom is -0.378 e. The summed E-state index contributed by atoms with van der Waals surface area (Å²) in [6, 6.07) is 9.42. The average Bonchev–Trinajstić information content (AvgIpc) is 2.73. The van der Waals surface area contributed by atoms with Gasteiger partial charge in [0.25, 0.3) is 5.69 Å². The molecule has 0 unspecified atom stereocenters. The van der Waals surface area contributed by atoms with E-state index < -0.39 is 28.3 Å². The van der Waals surface area contributed by atoms with Crippen molar-refractivity contribution in [3.05, 3.63) is 58.1 Å². The molecule has 0 saturated carbocycles. The van der Waals surface area contributed by atoms with E-state index in [1.54, 1.807) is 12.1 Å². The molecule has 1 aliphatic heterocycles. The predicted octanol–water partition coefficient (Wildman–Crippen LogP) is 3.53. The molecule has 1 saturated heterocycles. The highest BCUT2D eigenvalue weighted by Gasteiger charge is 2.33. The van der Waals surface area contributed by atoms with Crippen LogP contribution in [0.2, 0.25) is 0 Å². The van der Waals surface area contributed by atoms with Crippen LogP contribution in [0.5, 0.6) is 0 Å². The molecule has 1 amide bonds. The van der Waals surface area contributed by atoms with Gasteiger partial charge in [0.05, 0.1) is 30.2 Å². The highest BCUT2D eigenvalue weighted by atomic mass is 19.4. The van der Waals surface area contributed by atoms with Crippen LogP contribution in [0.15, 0.2) is 42.5 Å². The second-order valence-electron chi connectivity index (χ2n) is 7.01. The maximum absolute atomic E-state index is 12.9. The summed E-state index contributed by atoms with van der Waals surface area (Å²) in [6.07, 6.45) is -4.70. The van der Waals surface area contributed by atoms with Crippen molar-refractivity contribution in [1.82, 2.24) is 0 Å². The number of carbonyl (C=O) groups is 1. The van der Waals surface area contributed by atoms with Crippen LogP contribution in [0.1, 0.15) is 5.56 Å². The first-order valence-corrected chi connectivity index (χ1v) is 9.44. The van der Waals surface area contributed by atoms with Crippen molar-refractivity contribution in [2.45, 2.75) is 6.18 Å². The van der Waals surface area contributed by atoms with Gasteiger partial charge in [-0.15, -0.1) is 0 Å². The van der Waals surface area contributed by atoms with Gasteiger partial charge in [0.1, 0.15) is 5.69 Å². The third-order valence-electron chi connectivity index (χ3n) is 4.82. The molecule has 0 aliphatic carbocycles. The monoisotopic (exact) mass is 438 g/mol. The van der Waals surface area contributed by atoms with Crippen molar-refractivity contribution in [3.8, 4) is 0 Å². The Morgan fingerprint density at radius 3 is 2.42 bits per heavy atom. The third-order valence-corrected chi connectivity index (χ3v) is 4.82. The van der Waals surface area contributed by atoms with Crippen molar-refractivity contribution in [1.29, 1.82) is 0 Å². The molecule has 166 valence electrons. The number of carbonyl (C=O) groups excluding carboxylic acids is 1. The second-order valence-corrected chi connectivity index (χ2v) is 7.01. The zero-order valence-corrected chi connectivity index (χ0v) is 16.7. The number of hydrogen-bond donors (Lipinski definition) is 1. The Bertz CT molecular complexity index is 944. The van der Waals surface area contributed by atoms with E-state index >= 15 is 0 Å². The SMILES string of the molecule is CN(CC(=O)Nc1ccc(N2CCOCC2)cc1)c1ccc(C(F)(F)F)cc1[N+](=O)[O-]. The molecule has 0 bridgehead atoms. The zero-order valence-electron chi connectivity index (χ0n) is 16.7. The van der Waals surface area contributed by atoms with Crippen molar-refractivity contribution < 1.29 is 27.6 Å². The summed E-state index contributed by atoms with van der Waals surface area (Å²) in [7, 11) is 1.40. The lowest BCUT2D eigenvalue weighted by Gasteiger charge is -2.29. The molecule has 11 heteroatoms. The van der Waals surface area contributed by atoms with Crippen LogP contribution in [0.3, 0.4) is 0 Å². The standard InChI is InChI=1S/C20H21F3N4O4/c1-25(17-7-2-14(20(21,22)23)12-18(17)27(29)30)13-19(28)24-15-3-5-16(6-4-15)26-8-10-31-11-9-26/h2-7,12H,8-11,13H2,1H3,(H,24,28). The molecule has 1 fully saturated rings. The molecule has 3 rings (SSSR count). The Kier molecular flexibility index (Phi) is 6.64. The number of rotatable bonds is 6. The predicted molar refractivity (Wildman–Crippen MR) is 109 cm³/mol. The van der Waals surface area contributed by atoms with Gasteiger partial charge in [-0.1, -0.05) is 0 Å². The number of nitro benzene ring substituents is 1. The molecule has 2 aromatic carbocycles. The number of nitro groups is 1. The quantitative estimate of drug-likeness (QED) is 0.549. The van der Waals surface area contributed by atoms with Crippen molar-refractivity contribution in [2.24, 2.45) is 0 Å². The van der Waals surface area contributed by atoms with E-state index in [4.69, 9.17) is 4.74 Å². The minimum atomic E-state index is -4.70. The summed E-state index contributed by atoms with van der Waals surface area (Å²) < 4.78 is 43.9. The van der Waals surface area contributed by atoms with Crippen molar-refractivity contribution in [3.63, 3.8) is 0 Å². The fourth-order valence-corrected chi connectivity index (χ4v) is 3.25. The van der Waals surface area contributed by atoms with Gasteiger partial charge >= 0.3 is 6.18 Å². The van der Waals surface area contributed by atoms with E-state index in [9.17, 15) is 28.1 Å². The number of benzene rings is 2. The number of anilines is 3. The highest BCUT2D eigenvalue weighted by Crippen LogP contribution is 2.36. The number of ether oxygens (including phenoxy) is 1. The summed E-state index contributed by atoms with van der Waals surface area (Å²) in [4.78, 5) is 26.1. The van der Waals surface area contributed by atoms with Gasteiger partial charge in [-0.05, 0) is 36.4 Å². The van der Waals surface area contributed by atoms with Gasteiger partial charge in [-0.3, -0.25) is 14.9 Å². The number of likely N-dealkylation sites (N-methyl/N-ethyl adjacent to an activating group) is 1. The summed E-state index contributed by atoms with van der Waals surface area (Å²) >= 11 is 0. The molecular formula is C20H21F3N4O4. The van der Waals surface area contributed by atoms with Gasteiger partial charge in [0.2, 0.25) is 5.91 Å². The lowest BCUT2D eigenvalue weighted by atomic mass is 10.1. The normalized spacial score (nSPS) is 14.3. The van der Waals surface area contributed by atoms with Crippen LogP contribution in [0.25, 0.3) is 0 Å². The second kappa shape index (κ2) is 9.21. The lowest BCUT2D eigenvalue weighted by molar-refractivity contribution is -0.384. The molecule has 0 atom stereocenters. The number of nitrogens with one attached hydrogen (secondary N) is 1. The summed E-state index contributed by atoms with van der Waals surface area (Å²) in [5, 5.41) is 13.9. The molecule has 2 aromatic rings. The van der Waals surface area contributed by atoms with Gasteiger partial charge in [-0.2, -0.15) is 13.2 Å². The smallest absolute Gasteiger partial charge is 0.378 e. The fourth-order valence-electron chi connectivity index (χ4n) is 3.25. The van der Waals surface area contributed by atoms with Gasteiger partial charge in [0.15, 0.2) is 0 Å². The topological polar surface area (TPSA) is 88.0 Å². The Balaban J connectivity index is 1.65. The Morgan fingerprint density at radius 1 is 1.19 bits per heavy atom. The van der Waals surface area contributed by atoms with Crippen LogP contribution >= 0.6 is 0 Å². The largest absolute Gasteiger partial charge is 0.416 e.